The Morgan fingerprint density at radius 2 is 1.50 bits per heavy atom. The highest BCUT2D eigenvalue weighted by Crippen LogP contribution is 2.30. The van der Waals surface area contributed by atoms with E-state index >= 15 is 0 Å². The second-order valence-electron chi connectivity index (χ2n) is 6.81. The number of methoxy groups -OCH3 is 2. The van der Waals surface area contributed by atoms with Crippen molar-refractivity contribution in [3.8, 4) is 17.2 Å². The van der Waals surface area contributed by atoms with E-state index in [2.05, 4.69) is 0 Å². The molecule has 0 aliphatic carbocycles. The van der Waals surface area contributed by atoms with Crippen molar-refractivity contribution in [3.05, 3.63) is 53.1 Å². The fourth-order valence-electron chi connectivity index (χ4n) is 3.36. The average Bonchev–Trinajstić information content (AvgIpc) is 3.03. The maximum Gasteiger partial charge on any atom is 0.261 e. The van der Waals surface area contributed by atoms with Gasteiger partial charge in [-0.3, -0.25) is 9.59 Å². The summed E-state index contributed by atoms with van der Waals surface area (Å²) in [5.74, 6) is 1.23. The Kier molecular flexibility index (Phi) is 7.41. The van der Waals surface area contributed by atoms with Crippen LogP contribution in [-0.4, -0.2) is 68.6 Å². The second kappa shape index (κ2) is 10.2. The van der Waals surface area contributed by atoms with E-state index in [4.69, 9.17) is 25.8 Å². The van der Waals surface area contributed by atoms with Crippen LogP contribution in [0.15, 0.2) is 42.5 Å². The first-order valence-electron chi connectivity index (χ1n) is 9.70. The number of rotatable bonds is 6. The Hall–Kier alpha value is -2.93. The van der Waals surface area contributed by atoms with Gasteiger partial charge in [-0.2, -0.15) is 0 Å². The zero-order valence-corrected chi connectivity index (χ0v) is 17.9. The molecule has 2 aromatic rings. The van der Waals surface area contributed by atoms with Crippen LogP contribution in [-0.2, 0) is 4.79 Å². The van der Waals surface area contributed by atoms with E-state index in [1.54, 1.807) is 52.3 Å². The van der Waals surface area contributed by atoms with E-state index in [1.807, 2.05) is 0 Å². The molecule has 2 amide bonds. The molecule has 8 heteroatoms. The van der Waals surface area contributed by atoms with Crippen molar-refractivity contribution in [2.24, 2.45) is 0 Å². The summed E-state index contributed by atoms with van der Waals surface area (Å²) in [6.07, 6.45) is 0.676. The Labute approximate surface area is 181 Å². The molecule has 2 aromatic carbocycles. The monoisotopic (exact) mass is 432 g/mol. The molecule has 0 aromatic heterocycles. The molecule has 0 atom stereocenters. The van der Waals surface area contributed by atoms with Gasteiger partial charge in [-0.25, -0.2) is 0 Å². The van der Waals surface area contributed by atoms with Crippen LogP contribution in [0.1, 0.15) is 16.8 Å². The number of benzene rings is 2. The van der Waals surface area contributed by atoms with Gasteiger partial charge in [0.1, 0.15) is 22.8 Å². The minimum absolute atomic E-state index is 0.0596. The number of ether oxygens (including phenoxy) is 3. The number of halogens is 1. The lowest BCUT2D eigenvalue weighted by Gasteiger charge is -2.23. The van der Waals surface area contributed by atoms with Gasteiger partial charge < -0.3 is 24.0 Å². The molecule has 1 aliphatic rings. The molecule has 0 spiro atoms. The van der Waals surface area contributed by atoms with Crippen molar-refractivity contribution in [2.45, 2.75) is 6.42 Å². The van der Waals surface area contributed by atoms with Crippen LogP contribution in [0.2, 0.25) is 5.02 Å². The number of carbonyl (C=O) groups excluding carboxylic acids is 2. The molecule has 0 unspecified atom stereocenters. The minimum Gasteiger partial charge on any atom is -0.496 e. The highest BCUT2D eigenvalue weighted by atomic mass is 35.5. The van der Waals surface area contributed by atoms with Gasteiger partial charge in [-0.05, 0) is 42.8 Å². The van der Waals surface area contributed by atoms with Gasteiger partial charge in [0.15, 0.2) is 6.61 Å². The molecule has 1 aliphatic heterocycles. The summed E-state index contributed by atoms with van der Waals surface area (Å²) in [6, 6.07) is 12.1. The van der Waals surface area contributed by atoms with E-state index in [0.29, 0.717) is 60.4 Å². The van der Waals surface area contributed by atoms with Gasteiger partial charge in [0.05, 0.1) is 14.2 Å². The molecule has 0 saturated carbocycles. The van der Waals surface area contributed by atoms with E-state index in [-0.39, 0.29) is 18.4 Å². The maximum absolute atomic E-state index is 13.2. The van der Waals surface area contributed by atoms with E-state index in [0.717, 1.165) is 0 Å². The molecule has 1 saturated heterocycles. The molecular weight excluding hydrogens is 408 g/mol. The van der Waals surface area contributed by atoms with Crippen molar-refractivity contribution in [2.75, 3.05) is 47.0 Å². The second-order valence-corrected chi connectivity index (χ2v) is 7.24. The van der Waals surface area contributed by atoms with E-state index in [1.165, 1.54) is 14.2 Å². The third-order valence-electron chi connectivity index (χ3n) is 4.95. The summed E-state index contributed by atoms with van der Waals surface area (Å²) in [5.41, 5.74) is 0.397. The smallest absolute Gasteiger partial charge is 0.261 e. The number of nitrogens with zero attached hydrogens (tertiary/aromatic N) is 2. The molecule has 7 nitrogen and oxygen atoms in total. The molecule has 30 heavy (non-hydrogen) atoms. The Balaban J connectivity index is 1.61. The summed E-state index contributed by atoms with van der Waals surface area (Å²) in [5, 5.41) is 0.609. The Morgan fingerprint density at radius 1 is 0.900 bits per heavy atom. The summed E-state index contributed by atoms with van der Waals surface area (Å²) >= 11 is 5.86. The third-order valence-corrected chi connectivity index (χ3v) is 5.21. The topological polar surface area (TPSA) is 68.3 Å². The summed E-state index contributed by atoms with van der Waals surface area (Å²) in [4.78, 5) is 29.2. The van der Waals surface area contributed by atoms with E-state index in [9.17, 15) is 9.59 Å². The number of amides is 2. The highest BCUT2D eigenvalue weighted by Gasteiger charge is 2.27. The predicted molar refractivity (Wildman–Crippen MR) is 114 cm³/mol. The fourth-order valence-corrected chi connectivity index (χ4v) is 3.48. The molecule has 0 N–H and O–H groups in total. The summed E-state index contributed by atoms with van der Waals surface area (Å²) in [6.45, 7) is 1.91. The van der Waals surface area contributed by atoms with Crippen LogP contribution in [0.25, 0.3) is 0 Å². The van der Waals surface area contributed by atoms with Crippen LogP contribution < -0.4 is 14.2 Å². The molecule has 3 rings (SSSR count). The van der Waals surface area contributed by atoms with Crippen LogP contribution in [0.4, 0.5) is 0 Å². The van der Waals surface area contributed by atoms with Gasteiger partial charge in [0.2, 0.25) is 0 Å². The van der Waals surface area contributed by atoms with Crippen LogP contribution >= 0.6 is 11.6 Å². The first kappa shape index (κ1) is 21.8. The van der Waals surface area contributed by atoms with Crippen molar-refractivity contribution < 1.29 is 23.8 Å². The van der Waals surface area contributed by atoms with Crippen LogP contribution in [0.5, 0.6) is 17.2 Å². The van der Waals surface area contributed by atoms with Gasteiger partial charge in [-0.1, -0.05) is 17.7 Å². The molecule has 160 valence electrons. The number of carbonyl (C=O) groups is 2. The zero-order chi connectivity index (χ0) is 21.5. The molecular formula is C22H25ClN2O5. The van der Waals surface area contributed by atoms with Crippen molar-refractivity contribution >= 4 is 23.4 Å². The maximum atomic E-state index is 13.2. The van der Waals surface area contributed by atoms with Gasteiger partial charge >= 0.3 is 0 Å². The predicted octanol–water partition coefficient (Wildman–Crippen LogP) is 3.11. The Bertz CT molecular complexity index is 865. The first-order chi connectivity index (χ1) is 14.5. The first-order valence-corrected chi connectivity index (χ1v) is 10.1. The lowest BCUT2D eigenvalue weighted by Crippen LogP contribution is -2.39. The lowest BCUT2D eigenvalue weighted by atomic mass is 10.1. The molecule has 1 fully saturated rings. The van der Waals surface area contributed by atoms with Crippen LogP contribution in [0, 0.1) is 0 Å². The Morgan fingerprint density at radius 3 is 2.13 bits per heavy atom. The molecule has 0 radical (unpaired) electrons. The average molecular weight is 433 g/mol. The van der Waals surface area contributed by atoms with Crippen molar-refractivity contribution in [1.82, 2.24) is 9.80 Å². The van der Waals surface area contributed by atoms with Gasteiger partial charge in [0, 0.05) is 31.2 Å². The van der Waals surface area contributed by atoms with Crippen LogP contribution in [0.3, 0.4) is 0 Å². The molecule has 0 bridgehead atoms. The molecule has 1 heterocycles. The zero-order valence-electron chi connectivity index (χ0n) is 17.1. The largest absolute Gasteiger partial charge is 0.496 e. The van der Waals surface area contributed by atoms with Gasteiger partial charge in [0.25, 0.3) is 11.8 Å². The third kappa shape index (κ3) is 5.16. The van der Waals surface area contributed by atoms with Crippen molar-refractivity contribution in [3.63, 3.8) is 0 Å². The SMILES string of the molecule is COc1cccc(OC)c1C(=O)N1CCCN(C(=O)COc2ccc(Cl)cc2)CC1. The summed E-state index contributed by atoms with van der Waals surface area (Å²) in [7, 11) is 3.05. The quantitative estimate of drug-likeness (QED) is 0.701. The lowest BCUT2D eigenvalue weighted by molar-refractivity contribution is -0.133. The minimum atomic E-state index is -0.170. The summed E-state index contributed by atoms with van der Waals surface area (Å²) < 4.78 is 16.3. The number of hydrogen-bond donors (Lipinski definition) is 0. The normalized spacial score (nSPS) is 14.1. The van der Waals surface area contributed by atoms with E-state index < -0.39 is 0 Å². The highest BCUT2D eigenvalue weighted by molar-refractivity contribution is 6.30. The van der Waals surface area contributed by atoms with Gasteiger partial charge in [-0.15, -0.1) is 0 Å². The fraction of sp³-hybridized carbons (Fsp3) is 0.364. The van der Waals surface area contributed by atoms with Crippen molar-refractivity contribution in [1.29, 1.82) is 0 Å². The number of hydrogen-bond acceptors (Lipinski definition) is 5. The standard InChI is InChI=1S/C22H25ClN2O5/c1-28-18-5-3-6-19(29-2)21(18)22(27)25-12-4-11-24(13-14-25)20(26)15-30-17-9-7-16(23)8-10-17/h3,5-10H,4,11-15H2,1-2H3.